The van der Waals surface area contributed by atoms with Crippen LogP contribution in [-0.2, 0) is 4.79 Å². The number of nitrogens with zero attached hydrogens (tertiary/aromatic N) is 4. The van der Waals surface area contributed by atoms with Gasteiger partial charge in [-0.15, -0.1) is 0 Å². The summed E-state index contributed by atoms with van der Waals surface area (Å²) in [5.41, 5.74) is 0.435. The minimum absolute atomic E-state index is 0.0601. The average Bonchev–Trinajstić information content (AvgIpc) is 2.89. The van der Waals surface area contributed by atoms with Crippen molar-refractivity contribution in [2.75, 3.05) is 31.5 Å². The van der Waals surface area contributed by atoms with Crippen LogP contribution in [0.4, 0.5) is 5.82 Å². The number of nitrogens with one attached hydrogen (secondary N) is 1. The molecule has 2 amide bonds. The highest BCUT2D eigenvalue weighted by Crippen LogP contribution is 2.21. The molecule has 2 aliphatic rings. The van der Waals surface area contributed by atoms with Gasteiger partial charge in [0, 0.05) is 45.2 Å². The number of rotatable bonds is 3. The van der Waals surface area contributed by atoms with E-state index in [-0.39, 0.29) is 11.8 Å². The first kappa shape index (κ1) is 18.6. The van der Waals surface area contributed by atoms with E-state index in [0.717, 1.165) is 18.7 Å². The number of anilines is 1. The monoisotopic (exact) mass is 359 g/mol. The molecule has 2 heterocycles. The Morgan fingerprint density at radius 2 is 1.62 bits per heavy atom. The minimum atomic E-state index is -0.0809. The molecule has 1 saturated carbocycles. The van der Waals surface area contributed by atoms with Crippen molar-refractivity contribution in [3.8, 4) is 0 Å². The summed E-state index contributed by atoms with van der Waals surface area (Å²) >= 11 is 0. The molecule has 1 aromatic rings. The summed E-state index contributed by atoms with van der Waals surface area (Å²) in [6.07, 6.45) is 7.40. The van der Waals surface area contributed by atoms with Crippen LogP contribution in [0, 0.1) is 6.92 Å². The van der Waals surface area contributed by atoms with Crippen LogP contribution < -0.4 is 5.32 Å². The molecule has 0 aromatic carbocycles. The van der Waals surface area contributed by atoms with Crippen molar-refractivity contribution in [2.45, 2.75) is 58.4 Å². The van der Waals surface area contributed by atoms with Gasteiger partial charge < -0.3 is 15.1 Å². The second kappa shape index (κ2) is 8.47. The molecule has 0 spiro atoms. The molecule has 26 heavy (non-hydrogen) atoms. The summed E-state index contributed by atoms with van der Waals surface area (Å²) in [6, 6.07) is 2.20. The zero-order chi connectivity index (χ0) is 18.5. The predicted octanol–water partition coefficient (Wildman–Crippen LogP) is 2.22. The molecule has 0 bridgehead atoms. The summed E-state index contributed by atoms with van der Waals surface area (Å²) in [7, 11) is 0. The van der Waals surface area contributed by atoms with Crippen LogP contribution in [0.25, 0.3) is 0 Å². The largest absolute Gasteiger partial charge is 0.367 e. The van der Waals surface area contributed by atoms with E-state index in [4.69, 9.17) is 0 Å². The Hall–Kier alpha value is -2.18. The fourth-order valence-electron chi connectivity index (χ4n) is 3.77. The Kier molecular flexibility index (Phi) is 6.06. The summed E-state index contributed by atoms with van der Waals surface area (Å²) < 4.78 is 0. The maximum Gasteiger partial charge on any atom is 0.272 e. The van der Waals surface area contributed by atoms with Crippen LogP contribution in [0.3, 0.4) is 0 Å². The van der Waals surface area contributed by atoms with Gasteiger partial charge in [0.15, 0.2) is 0 Å². The van der Waals surface area contributed by atoms with Gasteiger partial charge in [-0.3, -0.25) is 9.59 Å². The Labute approximate surface area is 155 Å². The van der Waals surface area contributed by atoms with E-state index in [0.29, 0.717) is 43.7 Å². The molecule has 1 aliphatic carbocycles. The first-order valence-electron chi connectivity index (χ1n) is 9.70. The number of piperazine rings is 1. The van der Waals surface area contributed by atoms with E-state index in [1.807, 2.05) is 6.92 Å². The highest BCUT2D eigenvalue weighted by Gasteiger charge is 2.25. The van der Waals surface area contributed by atoms with Crippen molar-refractivity contribution < 1.29 is 9.59 Å². The van der Waals surface area contributed by atoms with Crippen molar-refractivity contribution in [2.24, 2.45) is 0 Å². The lowest BCUT2D eigenvalue weighted by Crippen LogP contribution is -2.50. The number of aryl methyl sites for hydroxylation is 1. The molecule has 0 radical (unpaired) electrons. The highest BCUT2D eigenvalue weighted by molar-refractivity contribution is 5.93. The molecule has 0 atom stereocenters. The first-order valence-corrected chi connectivity index (χ1v) is 9.70. The number of aromatic nitrogens is 2. The number of carbonyl (C=O) groups excluding carboxylic acids is 2. The number of carbonyl (C=O) groups is 2. The second-order valence-corrected chi connectivity index (χ2v) is 7.32. The van der Waals surface area contributed by atoms with Gasteiger partial charge in [-0.2, -0.15) is 0 Å². The molecule has 2 fully saturated rings. The molecule has 1 aromatic heterocycles. The molecular formula is C19H29N5O2. The molecule has 7 nitrogen and oxygen atoms in total. The quantitative estimate of drug-likeness (QED) is 0.837. The fraction of sp³-hybridized carbons (Fsp3) is 0.684. The number of amides is 2. The van der Waals surface area contributed by atoms with Crippen LogP contribution in [0.5, 0.6) is 0 Å². The second-order valence-electron chi connectivity index (χ2n) is 7.32. The summed E-state index contributed by atoms with van der Waals surface area (Å²) in [5, 5.41) is 3.51. The standard InChI is InChI=1S/C19H29N5O2/c1-14-20-17(19(26)24-11-9-23(10-12-24)15(2)25)13-18(21-14)22-16-7-5-3-4-6-8-16/h13,16H,3-12H2,1-2H3,(H,20,21,22). The van der Waals surface area contributed by atoms with Crippen LogP contribution in [0.1, 0.15) is 61.8 Å². The van der Waals surface area contributed by atoms with Gasteiger partial charge in [0.2, 0.25) is 5.91 Å². The van der Waals surface area contributed by atoms with Gasteiger partial charge in [-0.1, -0.05) is 25.7 Å². The van der Waals surface area contributed by atoms with Gasteiger partial charge in [0.1, 0.15) is 17.3 Å². The van der Waals surface area contributed by atoms with E-state index in [1.54, 1.807) is 22.8 Å². The maximum absolute atomic E-state index is 12.8. The molecule has 1 saturated heterocycles. The average molecular weight is 359 g/mol. The van der Waals surface area contributed by atoms with E-state index in [2.05, 4.69) is 15.3 Å². The SMILES string of the molecule is CC(=O)N1CCN(C(=O)c2cc(NC3CCCCCC3)nc(C)n2)CC1. The molecule has 0 unspecified atom stereocenters. The Balaban J connectivity index is 1.66. The third-order valence-corrected chi connectivity index (χ3v) is 5.28. The maximum atomic E-state index is 12.8. The smallest absolute Gasteiger partial charge is 0.272 e. The molecule has 1 N–H and O–H groups in total. The number of hydrogen-bond acceptors (Lipinski definition) is 5. The summed E-state index contributed by atoms with van der Waals surface area (Å²) in [5.74, 6) is 1.33. The fourth-order valence-corrected chi connectivity index (χ4v) is 3.77. The van der Waals surface area contributed by atoms with Gasteiger partial charge in [0.25, 0.3) is 5.91 Å². The van der Waals surface area contributed by atoms with Crippen LogP contribution in [0.2, 0.25) is 0 Å². The first-order chi connectivity index (χ1) is 12.5. The number of hydrogen-bond donors (Lipinski definition) is 1. The van der Waals surface area contributed by atoms with Crippen LogP contribution >= 0.6 is 0 Å². The minimum Gasteiger partial charge on any atom is -0.367 e. The van der Waals surface area contributed by atoms with Crippen LogP contribution in [0.15, 0.2) is 6.07 Å². The lowest BCUT2D eigenvalue weighted by Gasteiger charge is -2.34. The zero-order valence-corrected chi connectivity index (χ0v) is 15.8. The molecule has 7 heteroatoms. The van der Waals surface area contributed by atoms with Gasteiger partial charge >= 0.3 is 0 Å². The van der Waals surface area contributed by atoms with E-state index < -0.39 is 0 Å². The molecule has 3 rings (SSSR count). The Morgan fingerprint density at radius 3 is 2.23 bits per heavy atom. The lowest BCUT2D eigenvalue weighted by molar-refractivity contribution is -0.130. The summed E-state index contributed by atoms with van der Waals surface area (Å²) in [4.78, 5) is 36.6. The predicted molar refractivity (Wildman–Crippen MR) is 100 cm³/mol. The van der Waals surface area contributed by atoms with E-state index in [1.165, 1.54) is 25.7 Å². The van der Waals surface area contributed by atoms with Gasteiger partial charge in [0.05, 0.1) is 0 Å². The zero-order valence-electron chi connectivity index (χ0n) is 15.8. The molecule has 142 valence electrons. The summed E-state index contributed by atoms with van der Waals surface area (Å²) in [6.45, 7) is 5.65. The van der Waals surface area contributed by atoms with Crippen molar-refractivity contribution in [3.05, 3.63) is 17.6 Å². The van der Waals surface area contributed by atoms with Crippen molar-refractivity contribution in [3.63, 3.8) is 0 Å². The lowest BCUT2D eigenvalue weighted by atomic mass is 10.1. The van der Waals surface area contributed by atoms with Crippen molar-refractivity contribution in [1.29, 1.82) is 0 Å². The topological polar surface area (TPSA) is 78.4 Å². The third-order valence-electron chi connectivity index (χ3n) is 5.28. The van der Waals surface area contributed by atoms with Gasteiger partial charge in [-0.05, 0) is 19.8 Å². The van der Waals surface area contributed by atoms with Crippen LogP contribution in [-0.4, -0.2) is 63.8 Å². The Morgan fingerprint density at radius 1 is 1.00 bits per heavy atom. The van der Waals surface area contributed by atoms with E-state index in [9.17, 15) is 9.59 Å². The normalized spacial score (nSPS) is 19.2. The highest BCUT2D eigenvalue weighted by atomic mass is 16.2. The van der Waals surface area contributed by atoms with E-state index >= 15 is 0 Å². The molecular weight excluding hydrogens is 330 g/mol. The van der Waals surface area contributed by atoms with Crippen molar-refractivity contribution >= 4 is 17.6 Å². The van der Waals surface area contributed by atoms with Gasteiger partial charge in [-0.25, -0.2) is 9.97 Å². The third kappa shape index (κ3) is 4.71. The van der Waals surface area contributed by atoms with Crippen molar-refractivity contribution in [1.82, 2.24) is 19.8 Å². The molecule has 1 aliphatic heterocycles. The Bertz CT molecular complexity index is 647.